The zero-order valence-corrected chi connectivity index (χ0v) is 20.4. The molecule has 4 heterocycles. The predicted octanol–water partition coefficient (Wildman–Crippen LogP) is 3.65. The summed E-state index contributed by atoms with van der Waals surface area (Å²) in [7, 11) is 0. The third-order valence-corrected chi connectivity index (χ3v) is 6.25. The lowest BCUT2D eigenvalue weighted by atomic mass is 10.1. The van der Waals surface area contributed by atoms with Gasteiger partial charge >= 0.3 is 0 Å². The smallest absolute Gasteiger partial charge is 0.228 e. The van der Waals surface area contributed by atoms with Crippen molar-refractivity contribution in [3.05, 3.63) is 58.4 Å². The van der Waals surface area contributed by atoms with Crippen LogP contribution in [0.5, 0.6) is 0 Å². The third kappa shape index (κ3) is 4.69. The number of aromatic nitrogens is 6. The maximum atomic E-state index is 15.0. The van der Waals surface area contributed by atoms with Gasteiger partial charge in [-0.3, -0.25) is 4.68 Å². The number of rotatable bonds is 5. The first-order valence-electron chi connectivity index (χ1n) is 11.3. The molecule has 182 valence electrons. The summed E-state index contributed by atoms with van der Waals surface area (Å²) < 4.78 is 22.8. The van der Waals surface area contributed by atoms with Crippen LogP contribution in [0.2, 0.25) is 5.02 Å². The molecule has 2 atom stereocenters. The largest absolute Gasteiger partial charge is 0.394 e. The summed E-state index contributed by atoms with van der Waals surface area (Å²) in [5, 5.41) is 13.8. The van der Waals surface area contributed by atoms with Gasteiger partial charge in [0.05, 0.1) is 43.4 Å². The van der Waals surface area contributed by atoms with Crippen molar-refractivity contribution in [3.63, 3.8) is 0 Å². The molecule has 1 N–H and O–H groups in total. The second-order valence-corrected chi connectivity index (χ2v) is 9.10. The summed E-state index contributed by atoms with van der Waals surface area (Å²) in [5.74, 6) is -0.0738. The Labute approximate surface area is 206 Å². The summed E-state index contributed by atoms with van der Waals surface area (Å²) in [4.78, 5) is 20.8. The minimum absolute atomic E-state index is 0.00403. The molecule has 11 heteroatoms. The number of morpholine rings is 1. The summed E-state index contributed by atoms with van der Waals surface area (Å²) in [6.07, 6.45) is 3.22. The Kier molecular flexibility index (Phi) is 6.35. The first-order valence-corrected chi connectivity index (χ1v) is 11.7. The molecule has 0 saturated carbocycles. The molecule has 4 aromatic rings. The van der Waals surface area contributed by atoms with E-state index in [2.05, 4.69) is 15.1 Å². The van der Waals surface area contributed by atoms with E-state index in [4.69, 9.17) is 26.3 Å². The molecule has 9 nitrogen and oxygen atoms in total. The fourth-order valence-electron chi connectivity index (χ4n) is 4.18. The summed E-state index contributed by atoms with van der Waals surface area (Å²) in [5.41, 5.74) is 3.84. The third-order valence-electron chi connectivity index (χ3n) is 6.01. The molecular weight excluding hydrogens is 473 g/mol. The number of ether oxygens (including phenoxy) is 1. The second kappa shape index (κ2) is 9.44. The highest BCUT2D eigenvalue weighted by Crippen LogP contribution is 2.32. The topological polar surface area (TPSA) is 102 Å². The number of aliphatic hydroxyl groups excluding tert-OH is 1. The Morgan fingerprint density at radius 2 is 1.94 bits per heavy atom. The van der Waals surface area contributed by atoms with Crippen LogP contribution < -0.4 is 4.90 Å². The highest BCUT2D eigenvalue weighted by atomic mass is 35.5. The fraction of sp³-hybridized carbons (Fsp3) is 0.375. The van der Waals surface area contributed by atoms with Crippen LogP contribution in [0.1, 0.15) is 30.0 Å². The number of hydrogen-bond donors (Lipinski definition) is 1. The Bertz CT molecular complexity index is 1400. The van der Waals surface area contributed by atoms with E-state index >= 15 is 0 Å². The molecular formula is C24H25ClFN7O2. The van der Waals surface area contributed by atoms with Crippen LogP contribution in [0.4, 0.5) is 10.3 Å². The quantitative estimate of drug-likeness (QED) is 0.446. The van der Waals surface area contributed by atoms with Gasteiger partial charge in [-0.2, -0.15) is 10.1 Å². The summed E-state index contributed by atoms with van der Waals surface area (Å²) in [6.45, 7) is 7.13. The van der Waals surface area contributed by atoms with Crippen LogP contribution >= 0.6 is 11.6 Å². The lowest BCUT2D eigenvalue weighted by molar-refractivity contribution is -0.0179. The number of aliphatic hydroxyl groups is 1. The van der Waals surface area contributed by atoms with Gasteiger partial charge < -0.3 is 14.7 Å². The van der Waals surface area contributed by atoms with E-state index in [1.54, 1.807) is 23.0 Å². The Morgan fingerprint density at radius 3 is 2.71 bits per heavy atom. The molecule has 0 amide bonds. The number of benzene rings is 1. The van der Waals surface area contributed by atoms with Gasteiger partial charge in [-0.05, 0) is 39.0 Å². The van der Waals surface area contributed by atoms with E-state index in [1.165, 1.54) is 6.07 Å². The number of halogens is 2. The molecule has 0 aliphatic carbocycles. The van der Waals surface area contributed by atoms with Gasteiger partial charge in [0.15, 0.2) is 5.65 Å². The van der Waals surface area contributed by atoms with Crippen LogP contribution in [0.15, 0.2) is 30.6 Å². The highest BCUT2D eigenvalue weighted by Gasteiger charge is 2.30. The predicted molar refractivity (Wildman–Crippen MR) is 130 cm³/mol. The minimum Gasteiger partial charge on any atom is -0.394 e. The first kappa shape index (κ1) is 23.5. The Hall–Kier alpha value is -3.21. The molecule has 1 aliphatic rings. The number of nitrogens with zero attached hydrogens (tertiary/aromatic N) is 7. The molecule has 1 fully saturated rings. The molecule has 0 bridgehead atoms. The van der Waals surface area contributed by atoms with Crippen molar-refractivity contribution in [2.24, 2.45) is 0 Å². The van der Waals surface area contributed by atoms with Gasteiger partial charge in [-0.15, -0.1) is 0 Å². The number of aryl methyl sites for hydroxylation is 2. The molecule has 5 rings (SSSR count). The highest BCUT2D eigenvalue weighted by molar-refractivity contribution is 6.30. The van der Waals surface area contributed by atoms with Crippen molar-refractivity contribution in [1.82, 2.24) is 29.7 Å². The van der Waals surface area contributed by atoms with Gasteiger partial charge in [0.1, 0.15) is 23.1 Å². The van der Waals surface area contributed by atoms with Gasteiger partial charge in [-0.1, -0.05) is 11.6 Å². The standard InChI is InChI=1S/C24H25ClFN7O2/c1-13-10-32(12-20(35-13)16-9-27-33(11-16)6-7-34)24-30-21(18-5-4-17(25)8-19(18)26)22-23(31-24)29-15(3)14(2)28-22/h4-5,8-9,11,13,20,34H,6-7,10,12H2,1-3H3. The zero-order valence-electron chi connectivity index (χ0n) is 19.6. The number of hydrogen-bond acceptors (Lipinski definition) is 8. The van der Waals surface area contributed by atoms with Gasteiger partial charge in [-0.25, -0.2) is 19.3 Å². The van der Waals surface area contributed by atoms with Gasteiger partial charge in [0.2, 0.25) is 5.95 Å². The zero-order chi connectivity index (χ0) is 24.7. The Morgan fingerprint density at radius 1 is 1.14 bits per heavy atom. The van der Waals surface area contributed by atoms with Crippen molar-refractivity contribution >= 4 is 28.7 Å². The van der Waals surface area contributed by atoms with Gasteiger partial charge in [0.25, 0.3) is 0 Å². The van der Waals surface area contributed by atoms with Crippen LogP contribution in [0.3, 0.4) is 0 Å². The Balaban J connectivity index is 1.59. The minimum atomic E-state index is -0.493. The molecule has 2 unspecified atom stereocenters. The molecule has 1 aromatic carbocycles. The van der Waals surface area contributed by atoms with Gasteiger partial charge in [0, 0.05) is 28.9 Å². The normalized spacial score (nSPS) is 18.4. The fourth-order valence-corrected chi connectivity index (χ4v) is 4.34. The van der Waals surface area contributed by atoms with E-state index in [1.807, 2.05) is 31.9 Å². The number of fused-ring (bicyclic) bond motifs is 1. The molecule has 35 heavy (non-hydrogen) atoms. The maximum Gasteiger partial charge on any atom is 0.228 e. The van der Waals surface area contributed by atoms with Crippen LogP contribution in [0.25, 0.3) is 22.4 Å². The maximum absolute atomic E-state index is 15.0. The molecule has 3 aromatic heterocycles. The number of anilines is 1. The van der Waals surface area contributed by atoms with Crippen molar-refractivity contribution in [3.8, 4) is 11.3 Å². The van der Waals surface area contributed by atoms with Crippen molar-refractivity contribution < 1.29 is 14.2 Å². The summed E-state index contributed by atoms with van der Waals surface area (Å²) in [6, 6.07) is 4.48. The SMILES string of the molecule is Cc1nc2nc(N3CC(C)OC(c4cnn(CCO)c4)C3)nc(-c3ccc(Cl)cc3F)c2nc1C. The summed E-state index contributed by atoms with van der Waals surface area (Å²) >= 11 is 5.99. The van der Waals surface area contributed by atoms with Crippen molar-refractivity contribution in [2.45, 2.75) is 39.5 Å². The molecule has 1 saturated heterocycles. The average Bonchev–Trinajstić information content (AvgIpc) is 3.28. The lowest BCUT2D eigenvalue weighted by Gasteiger charge is -2.36. The van der Waals surface area contributed by atoms with Crippen LogP contribution in [0, 0.1) is 19.7 Å². The first-order chi connectivity index (χ1) is 16.8. The van der Waals surface area contributed by atoms with Crippen LogP contribution in [-0.2, 0) is 11.3 Å². The van der Waals surface area contributed by atoms with E-state index in [0.29, 0.717) is 47.5 Å². The van der Waals surface area contributed by atoms with Crippen molar-refractivity contribution in [1.29, 1.82) is 0 Å². The molecule has 0 radical (unpaired) electrons. The van der Waals surface area contributed by atoms with E-state index in [9.17, 15) is 9.50 Å². The van der Waals surface area contributed by atoms with E-state index in [0.717, 1.165) is 17.0 Å². The van der Waals surface area contributed by atoms with E-state index < -0.39 is 5.82 Å². The van der Waals surface area contributed by atoms with Crippen LogP contribution in [-0.4, -0.2) is 60.6 Å². The molecule has 1 aliphatic heterocycles. The lowest BCUT2D eigenvalue weighted by Crippen LogP contribution is -2.43. The average molecular weight is 498 g/mol. The monoisotopic (exact) mass is 497 g/mol. The van der Waals surface area contributed by atoms with E-state index in [-0.39, 0.29) is 24.4 Å². The molecule has 0 spiro atoms. The second-order valence-electron chi connectivity index (χ2n) is 8.66. The van der Waals surface area contributed by atoms with Crippen molar-refractivity contribution in [2.75, 3.05) is 24.6 Å².